The van der Waals surface area contributed by atoms with E-state index < -0.39 is 64.8 Å². The van der Waals surface area contributed by atoms with Gasteiger partial charge in [-0.1, -0.05) is 27.7 Å². The van der Waals surface area contributed by atoms with Gasteiger partial charge in [-0.25, -0.2) is 0 Å². The highest BCUT2D eigenvalue weighted by molar-refractivity contribution is 5.93. The zero-order chi connectivity index (χ0) is 27.7. The van der Waals surface area contributed by atoms with E-state index in [0.29, 0.717) is 12.8 Å². The van der Waals surface area contributed by atoms with E-state index in [1.807, 2.05) is 26.8 Å². The molecule has 36 heavy (non-hydrogen) atoms. The zero-order valence-electron chi connectivity index (χ0n) is 22.0. The third-order valence-corrected chi connectivity index (χ3v) is 7.38. The maximum Gasteiger partial charge on any atom is 0.449 e. The molecular weight excluding hydrogens is 475 g/mol. The predicted molar refractivity (Wildman–Crippen MR) is 126 cm³/mol. The molecule has 1 aliphatic heterocycles. The van der Waals surface area contributed by atoms with E-state index in [2.05, 4.69) is 10.6 Å². The Morgan fingerprint density at radius 3 is 2.14 bits per heavy atom. The van der Waals surface area contributed by atoms with Crippen LogP contribution in [0.5, 0.6) is 0 Å². The monoisotopic (exact) mass is 513 g/mol. The molecule has 0 bridgehead atoms. The molecule has 1 saturated heterocycles. The largest absolute Gasteiger partial charge is 0.449 e. The van der Waals surface area contributed by atoms with E-state index in [9.17, 15) is 37.6 Å². The lowest BCUT2D eigenvalue weighted by Gasteiger charge is -2.31. The average molecular weight is 514 g/mol. The summed E-state index contributed by atoms with van der Waals surface area (Å²) in [4.78, 5) is 50.4. The van der Waals surface area contributed by atoms with Gasteiger partial charge in [-0.15, -0.1) is 0 Å². The Morgan fingerprint density at radius 2 is 1.72 bits per heavy atom. The standard InChI is InChI=1S/C26H38F3N3O4/c1-23(2,3)18(11-20(34)26(27,28)29)19(33)10-16(13-25(6)7-8-25)21(35)31-17(14-30)9-15-12-24(4,5)32-22(15)36/h15-18H,7-13H2,1-6H3,(H,31,35)(H,32,36). The fraction of sp³-hybridized carbons (Fsp3) is 0.808. The van der Waals surface area contributed by atoms with E-state index in [1.165, 1.54) is 0 Å². The number of Topliss-reactive ketones (excluding diaryl/α,β-unsaturated/α-hetero) is 2. The number of nitriles is 1. The van der Waals surface area contributed by atoms with Crippen LogP contribution < -0.4 is 10.6 Å². The second-order valence-electron chi connectivity index (χ2n) is 12.6. The van der Waals surface area contributed by atoms with Crippen molar-refractivity contribution in [2.45, 2.75) is 104 Å². The van der Waals surface area contributed by atoms with Crippen molar-refractivity contribution in [3.63, 3.8) is 0 Å². The summed E-state index contributed by atoms with van der Waals surface area (Å²) < 4.78 is 38.8. The number of nitrogens with zero attached hydrogens (tertiary/aromatic N) is 1. The lowest BCUT2D eigenvalue weighted by Crippen LogP contribution is -2.42. The van der Waals surface area contributed by atoms with Gasteiger partial charge in [0.1, 0.15) is 11.8 Å². The molecule has 2 aliphatic rings. The van der Waals surface area contributed by atoms with Gasteiger partial charge in [0.15, 0.2) is 0 Å². The van der Waals surface area contributed by atoms with E-state index in [-0.39, 0.29) is 24.2 Å². The molecule has 2 fully saturated rings. The highest BCUT2D eigenvalue weighted by Gasteiger charge is 2.46. The van der Waals surface area contributed by atoms with Crippen molar-refractivity contribution in [2.24, 2.45) is 28.6 Å². The summed E-state index contributed by atoms with van der Waals surface area (Å²) >= 11 is 0. The van der Waals surface area contributed by atoms with Crippen molar-refractivity contribution in [1.82, 2.24) is 10.6 Å². The molecule has 202 valence electrons. The van der Waals surface area contributed by atoms with Gasteiger partial charge in [-0.05, 0) is 56.8 Å². The molecule has 0 aromatic rings. The van der Waals surface area contributed by atoms with Crippen molar-refractivity contribution in [2.75, 3.05) is 0 Å². The molecule has 4 unspecified atom stereocenters. The first kappa shape index (κ1) is 29.8. The normalized spacial score (nSPS) is 23.1. The number of carbonyl (C=O) groups excluding carboxylic acids is 4. The molecule has 2 N–H and O–H groups in total. The summed E-state index contributed by atoms with van der Waals surface area (Å²) in [7, 11) is 0. The Bertz CT molecular complexity index is 926. The number of ketones is 2. The number of nitrogens with one attached hydrogen (secondary N) is 2. The quantitative estimate of drug-likeness (QED) is 0.429. The molecule has 0 radical (unpaired) electrons. The van der Waals surface area contributed by atoms with Crippen LogP contribution >= 0.6 is 0 Å². The first-order chi connectivity index (χ1) is 16.3. The Kier molecular flexibility index (Phi) is 8.69. The number of carbonyl (C=O) groups is 4. The van der Waals surface area contributed by atoms with Gasteiger partial charge in [0.05, 0.1) is 6.07 Å². The van der Waals surface area contributed by atoms with Gasteiger partial charge in [0.2, 0.25) is 17.6 Å². The number of amides is 2. The van der Waals surface area contributed by atoms with Gasteiger partial charge >= 0.3 is 6.18 Å². The number of halogens is 3. The predicted octanol–water partition coefficient (Wildman–Crippen LogP) is 4.25. The number of hydrogen-bond acceptors (Lipinski definition) is 5. The molecule has 1 heterocycles. The molecule has 1 aliphatic carbocycles. The Hall–Kier alpha value is -2.44. The number of rotatable bonds is 11. The molecule has 4 atom stereocenters. The summed E-state index contributed by atoms with van der Waals surface area (Å²) in [5.74, 6) is -5.75. The van der Waals surface area contributed by atoms with Crippen LogP contribution in [0.25, 0.3) is 0 Å². The second kappa shape index (κ2) is 10.5. The first-order valence-electron chi connectivity index (χ1n) is 12.4. The third-order valence-electron chi connectivity index (χ3n) is 7.38. The van der Waals surface area contributed by atoms with Crippen LogP contribution in [-0.4, -0.2) is 41.1 Å². The molecule has 0 aromatic heterocycles. The average Bonchev–Trinajstić information content (AvgIpc) is 3.37. The van der Waals surface area contributed by atoms with Crippen molar-refractivity contribution < 1.29 is 32.3 Å². The van der Waals surface area contributed by atoms with Crippen LogP contribution in [0.15, 0.2) is 0 Å². The molecule has 2 amide bonds. The highest BCUT2D eigenvalue weighted by Crippen LogP contribution is 2.51. The van der Waals surface area contributed by atoms with Gasteiger partial charge in [0.25, 0.3) is 0 Å². The molecule has 7 nitrogen and oxygen atoms in total. The SMILES string of the molecule is CC1(CC(CC(=O)C(CC(=O)C(F)(F)F)C(C)(C)C)C(=O)NC(C#N)CC2CC(C)(C)NC2=O)CC1. The molecule has 0 aromatic carbocycles. The summed E-state index contributed by atoms with van der Waals surface area (Å²) in [5, 5.41) is 15.1. The number of alkyl halides is 3. The highest BCUT2D eigenvalue weighted by atomic mass is 19.4. The van der Waals surface area contributed by atoms with E-state index in [1.54, 1.807) is 20.8 Å². The number of hydrogen-bond donors (Lipinski definition) is 2. The maximum absolute atomic E-state index is 13.2. The molecule has 10 heteroatoms. The van der Waals surface area contributed by atoms with Gasteiger partial charge in [-0.3, -0.25) is 19.2 Å². The van der Waals surface area contributed by atoms with Crippen LogP contribution in [0.4, 0.5) is 13.2 Å². The van der Waals surface area contributed by atoms with E-state index in [0.717, 1.165) is 12.8 Å². The van der Waals surface area contributed by atoms with Crippen LogP contribution in [0.3, 0.4) is 0 Å². The summed E-state index contributed by atoms with van der Waals surface area (Å²) in [6.45, 7) is 10.5. The Morgan fingerprint density at radius 1 is 1.14 bits per heavy atom. The van der Waals surface area contributed by atoms with Crippen molar-refractivity contribution in [3.05, 3.63) is 0 Å². The van der Waals surface area contributed by atoms with Crippen LogP contribution in [0, 0.1) is 39.9 Å². The minimum Gasteiger partial charge on any atom is -0.351 e. The molecule has 0 spiro atoms. The van der Waals surface area contributed by atoms with Crippen molar-refractivity contribution in [1.29, 1.82) is 5.26 Å². The van der Waals surface area contributed by atoms with Gasteiger partial charge in [-0.2, -0.15) is 18.4 Å². The minimum atomic E-state index is -5.04. The second-order valence-corrected chi connectivity index (χ2v) is 12.6. The molecule has 1 saturated carbocycles. The lowest BCUT2D eigenvalue weighted by molar-refractivity contribution is -0.173. The zero-order valence-corrected chi connectivity index (χ0v) is 22.0. The summed E-state index contributed by atoms with van der Waals surface area (Å²) in [5.41, 5.74) is -1.48. The third kappa shape index (κ3) is 8.31. The first-order valence-corrected chi connectivity index (χ1v) is 12.4. The van der Waals surface area contributed by atoms with Crippen LogP contribution in [-0.2, 0) is 19.2 Å². The van der Waals surface area contributed by atoms with E-state index >= 15 is 0 Å². The lowest BCUT2D eigenvalue weighted by atomic mass is 9.72. The van der Waals surface area contributed by atoms with Gasteiger partial charge < -0.3 is 10.6 Å². The minimum absolute atomic E-state index is 0.125. The van der Waals surface area contributed by atoms with Crippen LogP contribution in [0.2, 0.25) is 0 Å². The summed E-state index contributed by atoms with van der Waals surface area (Å²) in [6, 6.07) is 1.07. The fourth-order valence-corrected chi connectivity index (χ4v) is 4.96. The summed E-state index contributed by atoms with van der Waals surface area (Å²) in [6.07, 6.45) is -3.61. The Balaban J connectivity index is 2.16. The molecule has 2 rings (SSSR count). The van der Waals surface area contributed by atoms with E-state index in [4.69, 9.17) is 0 Å². The fourth-order valence-electron chi connectivity index (χ4n) is 4.96. The van der Waals surface area contributed by atoms with Crippen molar-refractivity contribution >= 4 is 23.4 Å². The van der Waals surface area contributed by atoms with Gasteiger partial charge in [0, 0.05) is 36.1 Å². The Labute approximate surface area is 210 Å². The topological polar surface area (TPSA) is 116 Å². The smallest absolute Gasteiger partial charge is 0.351 e. The van der Waals surface area contributed by atoms with Crippen molar-refractivity contribution in [3.8, 4) is 6.07 Å². The van der Waals surface area contributed by atoms with Crippen LogP contribution in [0.1, 0.15) is 86.5 Å². The molecular formula is C26H38F3N3O4. The maximum atomic E-state index is 13.2.